The zero-order valence-electron chi connectivity index (χ0n) is 6.98. The highest BCUT2D eigenvalue weighted by atomic mass is 19.1. The molecule has 1 atom stereocenters. The summed E-state index contributed by atoms with van der Waals surface area (Å²) in [6.07, 6.45) is 3.51. The lowest BCUT2D eigenvalue weighted by Crippen LogP contribution is -2.15. The first-order chi connectivity index (χ1) is 5.20. The average Bonchev–Trinajstić information content (AvgIpc) is 2.35. The minimum atomic E-state index is -0.866. The van der Waals surface area contributed by atoms with Crippen molar-refractivity contribution >= 4 is 5.78 Å². The summed E-state index contributed by atoms with van der Waals surface area (Å²) >= 11 is 0. The number of carbonyl (C=O) groups excluding carboxylic acids is 1. The molecule has 0 aromatic rings. The number of rotatable bonds is 3. The number of Topliss-reactive ketones (excluding diaryl/α,β-unsaturated/α-hetero) is 1. The fourth-order valence-corrected chi connectivity index (χ4v) is 1.76. The lowest BCUT2D eigenvalue weighted by Gasteiger charge is -2.12. The van der Waals surface area contributed by atoms with Crippen LogP contribution in [0.1, 0.15) is 39.0 Å². The van der Waals surface area contributed by atoms with Crippen molar-refractivity contribution in [3.05, 3.63) is 0 Å². The molecule has 1 fully saturated rings. The van der Waals surface area contributed by atoms with Gasteiger partial charge in [0.15, 0.2) is 0 Å². The van der Waals surface area contributed by atoms with E-state index in [0.717, 1.165) is 25.7 Å². The molecule has 1 aliphatic rings. The molecule has 0 spiro atoms. The van der Waals surface area contributed by atoms with Gasteiger partial charge in [0.2, 0.25) is 0 Å². The number of carbonyl (C=O) groups is 1. The molecule has 1 saturated carbocycles. The van der Waals surface area contributed by atoms with E-state index in [1.165, 1.54) is 6.92 Å². The molecule has 1 rings (SSSR count). The Balaban J connectivity index is 2.28. The lowest BCUT2D eigenvalue weighted by atomic mass is 9.98. The van der Waals surface area contributed by atoms with Gasteiger partial charge in [0.05, 0.1) is 0 Å². The molecular formula is C9H15FO. The second-order valence-corrected chi connectivity index (χ2v) is 3.47. The molecule has 0 saturated heterocycles. The van der Waals surface area contributed by atoms with Crippen LogP contribution >= 0.6 is 0 Å². The fraction of sp³-hybridized carbons (Fsp3) is 0.889. The van der Waals surface area contributed by atoms with Gasteiger partial charge in [-0.25, -0.2) is 4.39 Å². The van der Waals surface area contributed by atoms with Crippen LogP contribution in [0.3, 0.4) is 0 Å². The molecule has 64 valence electrons. The lowest BCUT2D eigenvalue weighted by molar-refractivity contribution is -0.118. The highest BCUT2D eigenvalue weighted by molar-refractivity contribution is 5.75. The van der Waals surface area contributed by atoms with Crippen molar-refractivity contribution in [3.63, 3.8) is 0 Å². The van der Waals surface area contributed by atoms with E-state index >= 15 is 0 Å². The molecule has 1 aliphatic carbocycles. The van der Waals surface area contributed by atoms with Gasteiger partial charge in [-0.15, -0.1) is 0 Å². The normalized spacial score (nSPS) is 22.0. The predicted octanol–water partition coefficient (Wildman–Crippen LogP) is 2.49. The van der Waals surface area contributed by atoms with Crippen LogP contribution in [0, 0.1) is 5.92 Å². The maximum atomic E-state index is 13.1. The smallest absolute Gasteiger partial charge is 0.132 e. The Morgan fingerprint density at radius 3 is 2.55 bits per heavy atom. The zero-order valence-corrected chi connectivity index (χ0v) is 6.98. The summed E-state index contributed by atoms with van der Waals surface area (Å²) in [6, 6.07) is 0. The van der Waals surface area contributed by atoms with E-state index in [9.17, 15) is 9.18 Å². The van der Waals surface area contributed by atoms with Gasteiger partial charge >= 0.3 is 0 Å². The van der Waals surface area contributed by atoms with E-state index in [2.05, 4.69) is 0 Å². The van der Waals surface area contributed by atoms with Crippen LogP contribution in [0.25, 0.3) is 0 Å². The van der Waals surface area contributed by atoms with E-state index in [0.29, 0.717) is 0 Å². The number of ketones is 1. The summed E-state index contributed by atoms with van der Waals surface area (Å²) in [6.45, 7) is 1.46. The second-order valence-electron chi connectivity index (χ2n) is 3.47. The molecule has 0 bridgehead atoms. The van der Waals surface area contributed by atoms with E-state index in [1.807, 2.05) is 0 Å². The average molecular weight is 158 g/mol. The molecule has 0 amide bonds. The number of alkyl halides is 1. The SMILES string of the molecule is CC(=O)CC(F)C1CCCC1. The van der Waals surface area contributed by atoms with Crippen molar-refractivity contribution in [1.82, 2.24) is 0 Å². The topological polar surface area (TPSA) is 17.1 Å². The first-order valence-electron chi connectivity index (χ1n) is 4.33. The quantitative estimate of drug-likeness (QED) is 0.616. The van der Waals surface area contributed by atoms with Gasteiger partial charge in [-0.05, 0) is 25.7 Å². The first kappa shape index (κ1) is 8.69. The van der Waals surface area contributed by atoms with Crippen molar-refractivity contribution in [3.8, 4) is 0 Å². The van der Waals surface area contributed by atoms with Crippen LogP contribution in [0.5, 0.6) is 0 Å². The third-order valence-electron chi connectivity index (χ3n) is 2.39. The van der Waals surface area contributed by atoms with E-state index in [4.69, 9.17) is 0 Å². The van der Waals surface area contributed by atoms with Crippen molar-refractivity contribution in [2.24, 2.45) is 5.92 Å². The highest BCUT2D eigenvalue weighted by Crippen LogP contribution is 2.30. The summed E-state index contributed by atoms with van der Waals surface area (Å²) in [5.74, 6) is 0.156. The summed E-state index contributed by atoms with van der Waals surface area (Å²) in [7, 11) is 0. The number of halogens is 1. The van der Waals surface area contributed by atoms with E-state index in [1.54, 1.807) is 0 Å². The van der Waals surface area contributed by atoms with Crippen molar-refractivity contribution in [2.45, 2.75) is 45.2 Å². The maximum absolute atomic E-state index is 13.1. The van der Waals surface area contributed by atoms with Crippen LogP contribution in [0.15, 0.2) is 0 Å². The predicted molar refractivity (Wildman–Crippen MR) is 42.2 cm³/mol. The van der Waals surface area contributed by atoms with Crippen molar-refractivity contribution in [2.75, 3.05) is 0 Å². The molecule has 0 heterocycles. The molecule has 1 nitrogen and oxygen atoms in total. The van der Waals surface area contributed by atoms with Gasteiger partial charge in [-0.1, -0.05) is 12.8 Å². The van der Waals surface area contributed by atoms with Crippen LogP contribution in [0.2, 0.25) is 0 Å². The molecule has 11 heavy (non-hydrogen) atoms. The van der Waals surface area contributed by atoms with Gasteiger partial charge in [0.25, 0.3) is 0 Å². The molecule has 1 unspecified atom stereocenters. The number of hydrogen-bond acceptors (Lipinski definition) is 1. The van der Waals surface area contributed by atoms with Gasteiger partial charge < -0.3 is 0 Å². The van der Waals surface area contributed by atoms with Crippen LogP contribution < -0.4 is 0 Å². The van der Waals surface area contributed by atoms with Gasteiger partial charge in [0, 0.05) is 6.42 Å². The number of hydrogen-bond donors (Lipinski definition) is 0. The Labute approximate surface area is 67.0 Å². The third kappa shape index (κ3) is 2.60. The monoisotopic (exact) mass is 158 g/mol. The molecule has 0 aliphatic heterocycles. The second kappa shape index (κ2) is 3.84. The summed E-state index contributed by atoms with van der Waals surface area (Å²) in [5.41, 5.74) is 0. The molecule has 0 N–H and O–H groups in total. The van der Waals surface area contributed by atoms with Crippen LogP contribution in [-0.2, 0) is 4.79 Å². The van der Waals surface area contributed by atoms with Crippen LogP contribution in [-0.4, -0.2) is 12.0 Å². The molecule has 2 heteroatoms. The van der Waals surface area contributed by atoms with Gasteiger partial charge in [-0.2, -0.15) is 0 Å². The van der Waals surface area contributed by atoms with Gasteiger partial charge in [0.1, 0.15) is 12.0 Å². The fourth-order valence-electron chi connectivity index (χ4n) is 1.76. The Hall–Kier alpha value is -0.400. The molecule has 0 aromatic carbocycles. The minimum Gasteiger partial charge on any atom is -0.300 e. The van der Waals surface area contributed by atoms with Crippen molar-refractivity contribution in [1.29, 1.82) is 0 Å². The Morgan fingerprint density at radius 1 is 1.55 bits per heavy atom. The van der Waals surface area contributed by atoms with E-state index < -0.39 is 6.17 Å². The summed E-state index contributed by atoms with van der Waals surface area (Å²) in [4.78, 5) is 10.6. The van der Waals surface area contributed by atoms with Crippen molar-refractivity contribution < 1.29 is 9.18 Å². The summed E-state index contributed by atoms with van der Waals surface area (Å²) in [5, 5.41) is 0. The Bertz CT molecular complexity index is 138. The summed E-state index contributed by atoms with van der Waals surface area (Å²) < 4.78 is 13.1. The Morgan fingerprint density at radius 2 is 2.09 bits per heavy atom. The Kier molecular flexibility index (Phi) is 3.03. The largest absolute Gasteiger partial charge is 0.300 e. The first-order valence-corrected chi connectivity index (χ1v) is 4.33. The van der Waals surface area contributed by atoms with Crippen LogP contribution in [0.4, 0.5) is 4.39 Å². The third-order valence-corrected chi connectivity index (χ3v) is 2.39. The standard InChI is InChI=1S/C9H15FO/c1-7(11)6-9(10)8-4-2-3-5-8/h8-9H,2-6H2,1H3. The molecule has 0 aromatic heterocycles. The highest BCUT2D eigenvalue weighted by Gasteiger charge is 2.25. The molecular weight excluding hydrogens is 143 g/mol. The minimum absolute atomic E-state index is 0.0237. The van der Waals surface area contributed by atoms with Gasteiger partial charge in [-0.3, -0.25) is 4.79 Å². The maximum Gasteiger partial charge on any atom is 0.132 e. The zero-order chi connectivity index (χ0) is 8.27. The molecule has 0 radical (unpaired) electrons. The van der Waals surface area contributed by atoms with E-state index in [-0.39, 0.29) is 18.1 Å².